The Kier molecular flexibility index (Phi) is 8.04. The van der Waals surface area contributed by atoms with Crippen LogP contribution in [0.15, 0.2) is 6.07 Å². The number of aryl methyl sites for hydroxylation is 1. The third-order valence-electron chi connectivity index (χ3n) is 4.83. The predicted molar refractivity (Wildman–Crippen MR) is 119 cm³/mol. The van der Waals surface area contributed by atoms with Crippen molar-refractivity contribution in [2.24, 2.45) is 0 Å². The number of rotatable bonds is 10. The Bertz CT molecular complexity index is 938. The molecule has 1 aliphatic heterocycles. The molecule has 0 saturated carbocycles. The summed E-state index contributed by atoms with van der Waals surface area (Å²) in [5.74, 6) is -0.0156. The SMILES string of the molecule is COc1nc(-c2nnc(C(=O)N3CCC(OC)C3)cc2CCSC)sc1NCC(=O)O. The van der Waals surface area contributed by atoms with E-state index in [9.17, 15) is 9.59 Å². The lowest BCUT2D eigenvalue weighted by Gasteiger charge is -2.16. The number of nitrogens with one attached hydrogen (secondary N) is 1. The van der Waals surface area contributed by atoms with Gasteiger partial charge in [-0.2, -0.15) is 16.7 Å². The molecule has 1 fully saturated rings. The normalized spacial score (nSPS) is 15.8. The summed E-state index contributed by atoms with van der Waals surface area (Å²) in [7, 11) is 3.12. The van der Waals surface area contributed by atoms with E-state index in [4.69, 9.17) is 14.6 Å². The number of thioether (sulfide) groups is 1. The van der Waals surface area contributed by atoms with E-state index < -0.39 is 5.97 Å². The van der Waals surface area contributed by atoms with Gasteiger partial charge in [0.05, 0.1) is 13.2 Å². The Balaban J connectivity index is 1.90. The summed E-state index contributed by atoms with van der Waals surface area (Å²) in [5, 5.41) is 21.3. The van der Waals surface area contributed by atoms with Crippen LogP contribution in [0.2, 0.25) is 0 Å². The molecule has 168 valence electrons. The second-order valence-electron chi connectivity index (χ2n) is 6.85. The van der Waals surface area contributed by atoms with Crippen molar-refractivity contribution in [3.05, 3.63) is 17.3 Å². The Morgan fingerprint density at radius 2 is 2.19 bits per heavy atom. The van der Waals surface area contributed by atoms with E-state index >= 15 is 0 Å². The fourth-order valence-corrected chi connectivity index (χ4v) is 4.57. The minimum Gasteiger partial charge on any atom is -0.480 e. The summed E-state index contributed by atoms with van der Waals surface area (Å²) in [5.41, 5.74) is 1.72. The van der Waals surface area contributed by atoms with Crippen molar-refractivity contribution < 1.29 is 24.2 Å². The Morgan fingerprint density at radius 3 is 2.84 bits per heavy atom. The third-order valence-corrected chi connectivity index (χ3v) is 6.44. The standard InChI is InChI=1S/C19H25N5O5S2/c1-28-12-4-6-24(10-12)19(27)13-8-11(5-7-30-3)15(23-22-13)17-21-16(29-2)18(31-17)20-9-14(25)26/h8,12,20H,4-7,9-10H2,1-3H3,(H,25,26). The highest BCUT2D eigenvalue weighted by atomic mass is 32.2. The highest BCUT2D eigenvalue weighted by Gasteiger charge is 2.28. The smallest absolute Gasteiger partial charge is 0.322 e. The topological polar surface area (TPSA) is 127 Å². The lowest BCUT2D eigenvalue weighted by molar-refractivity contribution is -0.134. The number of carboxylic acid groups (broad SMARTS) is 1. The number of hydrogen-bond donors (Lipinski definition) is 2. The van der Waals surface area contributed by atoms with Crippen LogP contribution >= 0.6 is 23.1 Å². The molecule has 3 rings (SSSR count). The second-order valence-corrected chi connectivity index (χ2v) is 8.83. The van der Waals surface area contributed by atoms with Gasteiger partial charge in [0.25, 0.3) is 5.91 Å². The van der Waals surface area contributed by atoms with Gasteiger partial charge < -0.3 is 24.8 Å². The Labute approximate surface area is 188 Å². The van der Waals surface area contributed by atoms with Gasteiger partial charge in [0, 0.05) is 20.2 Å². The first-order chi connectivity index (χ1) is 15.0. The van der Waals surface area contributed by atoms with Crippen molar-refractivity contribution >= 4 is 40.0 Å². The molecule has 1 unspecified atom stereocenters. The number of hydrogen-bond acceptors (Lipinski definition) is 10. The van der Waals surface area contributed by atoms with Crippen LogP contribution in [0.5, 0.6) is 5.88 Å². The molecule has 1 atom stereocenters. The van der Waals surface area contributed by atoms with E-state index in [-0.39, 0.29) is 18.6 Å². The molecule has 0 spiro atoms. The number of anilines is 1. The maximum Gasteiger partial charge on any atom is 0.322 e. The molecule has 12 heteroatoms. The van der Waals surface area contributed by atoms with Crippen molar-refractivity contribution in [2.75, 3.05) is 51.2 Å². The van der Waals surface area contributed by atoms with E-state index in [1.165, 1.54) is 18.4 Å². The molecule has 3 heterocycles. The summed E-state index contributed by atoms with van der Waals surface area (Å²) in [6, 6.07) is 1.78. The number of ether oxygens (including phenoxy) is 2. The van der Waals surface area contributed by atoms with E-state index in [1.807, 2.05) is 6.26 Å². The molecule has 31 heavy (non-hydrogen) atoms. The van der Waals surface area contributed by atoms with E-state index in [0.29, 0.717) is 46.8 Å². The number of carboxylic acids is 1. The molecule has 1 amide bonds. The summed E-state index contributed by atoms with van der Waals surface area (Å²) >= 11 is 2.93. The molecule has 2 aromatic rings. The molecule has 0 bridgehead atoms. The summed E-state index contributed by atoms with van der Waals surface area (Å²) in [6.07, 6.45) is 3.55. The van der Waals surface area contributed by atoms with Gasteiger partial charge >= 0.3 is 5.97 Å². The van der Waals surface area contributed by atoms with Crippen LogP contribution in [-0.4, -0.2) is 89.0 Å². The molecule has 2 N–H and O–H groups in total. The van der Waals surface area contributed by atoms with Gasteiger partial charge in [0.1, 0.15) is 17.2 Å². The van der Waals surface area contributed by atoms with Crippen LogP contribution in [0.25, 0.3) is 10.7 Å². The quantitative estimate of drug-likeness (QED) is 0.534. The van der Waals surface area contributed by atoms with Crippen LogP contribution in [0.1, 0.15) is 22.5 Å². The van der Waals surface area contributed by atoms with E-state index in [2.05, 4.69) is 20.5 Å². The first kappa shape index (κ1) is 23.2. The maximum atomic E-state index is 12.9. The molecule has 0 aromatic carbocycles. The van der Waals surface area contributed by atoms with Gasteiger partial charge in [-0.25, -0.2) is 0 Å². The van der Waals surface area contributed by atoms with Gasteiger partial charge in [0.15, 0.2) is 10.7 Å². The monoisotopic (exact) mass is 467 g/mol. The number of amides is 1. The van der Waals surface area contributed by atoms with Gasteiger partial charge in [-0.05, 0) is 36.5 Å². The van der Waals surface area contributed by atoms with Crippen LogP contribution in [0.3, 0.4) is 0 Å². The molecule has 10 nitrogen and oxygen atoms in total. The summed E-state index contributed by atoms with van der Waals surface area (Å²) in [4.78, 5) is 30.0. The van der Waals surface area contributed by atoms with Crippen LogP contribution < -0.4 is 10.1 Å². The maximum absolute atomic E-state index is 12.9. The van der Waals surface area contributed by atoms with Crippen LogP contribution in [0.4, 0.5) is 5.00 Å². The van der Waals surface area contributed by atoms with Crippen molar-refractivity contribution in [1.82, 2.24) is 20.1 Å². The minimum atomic E-state index is -0.988. The second kappa shape index (κ2) is 10.7. The zero-order valence-corrected chi connectivity index (χ0v) is 19.2. The number of aromatic nitrogens is 3. The van der Waals surface area contributed by atoms with Crippen molar-refractivity contribution in [3.63, 3.8) is 0 Å². The van der Waals surface area contributed by atoms with E-state index in [1.54, 1.807) is 29.8 Å². The number of carbonyl (C=O) groups is 2. The van der Waals surface area contributed by atoms with Crippen molar-refractivity contribution in [3.8, 4) is 16.6 Å². The fourth-order valence-electron chi connectivity index (χ4n) is 3.20. The first-order valence-corrected chi connectivity index (χ1v) is 11.9. The van der Waals surface area contributed by atoms with Crippen LogP contribution in [-0.2, 0) is 16.0 Å². The van der Waals surface area contributed by atoms with E-state index in [0.717, 1.165) is 17.7 Å². The Morgan fingerprint density at radius 1 is 1.39 bits per heavy atom. The zero-order valence-electron chi connectivity index (χ0n) is 17.6. The van der Waals surface area contributed by atoms with Gasteiger partial charge in [0.2, 0.25) is 5.88 Å². The minimum absolute atomic E-state index is 0.0478. The van der Waals surface area contributed by atoms with Crippen molar-refractivity contribution in [1.29, 1.82) is 0 Å². The average molecular weight is 468 g/mol. The largest absolute Gasteiger partial charge is 0.480 e. The Hall–Kier alpha value is -2.44. The van der Waals surface area contributed by atoms with Crippen LogP contribution in [0, 0.1) is 0 Å². The lowest BCUT2D eigenvalue weighted by Crippen LogP contribution is -2.31. The molecular formula is C19H25N5O5S2. The number of methoxy groups -OCH3 is 2. The zero-order chi connectivity index (χ0) is 22.4. The molecular weight excluding hydrogens is 442 g/mol. The first-order valence-electron chi connectivity index (χ1n) is 9.65. The number of aliphatic carboxylic acids is 1. The molecule has 0 radical (unpaired) electrons. The van der Waals surface area contributed by atoms with Gasteiger partial charge in [-0.3, -0.25) is 9.59 Å². The highest BCUT2D eigenvalue weighted by Crippen LogP contribution is 2.37. The van der Waals surface area contributed by atoms with Gasteiger partial charge in [-0.15, -0.1) is 10.2 Å². The molecule has 1 saturated heterocycles. The fraction of sp³-hybridized carbons (Fsp3) is 0.526. The molecule has 1 aliphatic rings. The molecule has 2 aromatic heterocycles. The number of likely N-dealkylation sites (tertiary alicyclic amines) is 1. The third kappa shape index (κ3) is 5.63. The van der Waals surface area contributed by atoms with Crippen molar-refractivity contribution in [2.45, 2.75) is 18.9 Å². The van der Waals surface area contributed by atoms with Gasteiger partial charge in [-0.1, -0.05) is 11.3 Å². The predicted octanol–water partition coefficient (Wildman–Crippen LogP) is 1.87. The summed E-state index contributed by atoms with van der Waals surface area (Å²) in [6.45, 7) is 0.916. The molecule has 0 aliphatic carbocycles. The number of carbonyl (C=O) groups excluding carboxylic acids is 1. The lowest BCUT2D eigenvalue weighted by atomic mass is 10.1. The highest BCUT2D eigenvalue weighted by molar-refractivity contribution is 7.98. The number of nitrogens with zero attached hydrogens (tertiary/aromatic N) is 4. The number of thiazole rings is 1. The summed E-state index contributed by atoms with van der Waals surface area (Å²) < 4.78 is 10.6. The average Bonchev–Trinajstić information content (AvgIpc) is 3.42.